The number of piperidine rings is 1. The van der Waals surface area contributed by atoms with Crippen LogP contribution in [-0.2, 0) is 9.94 Å². The van der Waals surface area contributed by atoms with E-state index in [2.05, 4.69) is 13.8 Å². The second kappa shape index (κ2) is 4.63. The number of ether oxygens (including phenoxy) is 1. The zero-order valence-corrected chi connectivity index (χ0v) is 11.5. The van der Waals surface area contributed by atoms with E-state index < -0.39 is 0 Å². The van der Waals surface area contributed by atoms with Gasteiger partial charge in [0.05, 0.1) is 12.2 Å². The van der Waals surface area contributed by atoms with Crippen LogP contribution in [0.4, 0.5) is 0 Å². The van der Waals surface area contributed by atoms with E-state index in [1.54, 1.807) is 0 Å². The zero-order chi connectivity index (χ0) is 12.6. The number of nitrogens with zero attached hydrogens (tertiary/aromatic N) is 1. The van der Waals surface area contributed by atoms with E-state index >= 15 is 0 Å². The molecule has 1 saturated heterocycles. The summed E-state index contributed by atoms with van der Waals surface area (Å²) < 4.78 is 5.99. The normalized spacial score (nSPS) is 27.9. The molecule has 0 saturated carbocycles. The van der Waals surface area contributed by atoms with Gasteiger partial charge < -0.3 is 4.74 Å². The van der Waals surface area contributed by atoms with Crippen molar-refractivity contribution in [2.45, 2.75) is 84.1 Å². The molecule has 0 aromatic rings. The molecule has 0 spiro atoms. The van der Waals surface area contributed by atoms with Gasteiger partial charge in [-0.1, -0.05) is 6.92 Å². The van der Waals surface area contributed by atoms with Gasteiger partial charge in [0.15, 0.2) is 0 Å². The van der Waals surface area contributed by atoms with Crippen molar-refractivity contribution in [3.63, 3.8) is 0 Å². The van der Waals surface area contributed by atoms with Crippen molar-refractivity contribution >= 4 is 0 Å². The molecule has 1 aliphatic rings. The smallest absolute Gasteiger partial charge is 0.0615 e. The number of hydrogen-bond donors (Lipinski definition) is 0. The summed E-state index contributed by atoms with van der Waals surface area (Å²) in [6.45, 7) is 12.3. The molecule has 0 bridgehead atoms. The van der Waals surface area contributed by atoms with E-state index in [0.717, 1.165) is 19.3 Å². The maximum Gasteiger partial charge on any atom is 0.0615 e. The summed E-state index contributed by atoms with van der Waals surface area (Å²) in [6, 6.07) is 0. The second-order valence-corrected chi connectivity index (χ2v) is 6.30. The number of rotatable bonds is 3. The summed E-state index contributed by atoms with van der Waals surface area (Å²) in [6.07, 6.45) is 3.17. The van der Waals surface area contributed by atoms with Crippen LogP contribution in [0, 0.1) is 0 Å². The van der Waals surface area contributed by atoms with Crippen LogP contribution in [0.1, 0.15) is 60.8 Å². The lowest BCUT2D eigenvalue weighted by Gasteiger charge is -2.50. The van der Waals surface area contributed by atoms with Gasteiger partial charge in [0.2, 0.25) is 0 Å². The lowest BCUT2D eigenvalue weighted by Crippen LogP contribution is -2.60. The van der Waals surface area contributed by atoms with Gasteiger partial charge in [-0.3, -0.25) is 0 Å². The minimum absolute atomic E-state index is 0.213. The summed E-state index contributed by atoms with van der Waals surface area (Å²) in [4.78, 5) is 0. The van der Waals surface area contributed by atoms with Crippen LogP contribution in [-0.4, -0.2) is 28.3 Å². The fourth-order valence-corrected chi connectivity index (χ4v) is 2.69. The molecule has 0 aromatic carbocycles. The van der Waals surface area contributed by atoms with E-state index in [-0.39, 0.29) is 23.3 Å². The molecule has 16 heavy (non-hydrogen) atoms. The molecule has 1 unspecified atom stereocenters. The van der Waals surface area contributed by atoms with Gasteiger partial charge in [0, 0.05) is 11.1 Å². The van der Waals surface area contributed by atoms with Gasteiger partial charge in [-0.15, -0.1) is 10.3 Å². The molecular formula is C13H26NO2. The molecule has 0 N–H and O–H groups in total. The Morgan fingerprint density at radius 3 is 2.06 bits per heavy atom. The predicted molar refractivity (Wildman–Crippen MR) is 64.5 cm³/mol. The molecule has 1 atom stereocenters. The number of hydroxylamine groups is 2. The molecule has 1 radical (unpaired) electrons. The first-order chi connectivity index (χ1) is 7.19. The van der Waals surface area contributed by atoms with Crippen molar-refractivity contribution in [1.82, 2.24) is 5.06 Å². The highest BCUT2D eigenvalue weighted by Gasteiger charge is 2.46. The minimum atomic E-state index is -0.320. The summed E-state index contributed by atoms with van der Waals surface area (Å²) in [7, 11) is 0. The third-order valence-electron chi connectivity index (χ3n) is 3.55. The standard InChI is InChI=1S/C13H26NO2/c1-7-10(2)16-11-8-12(3,4)14(15)13(5,6)9-11/h10-11H,7-9H2,1-6H3. The van der Waals surface area contributed by atoms with Crippen molar-refractivity contribution < 1.29 is 9.94 Å². The minimum Gasteiger partial charge on any atom is -0.375 e. The van der Waals surface area contributed by atoms with Crippen molar-refractivity contribution in [3.05, 3.63) is 0 Å². The van der Waals surface area contributed by atoms with E-state index in [9.17, 15) is 5.21 Å². The van der Waals surface area contributed by atoms with Crippen molar-refractivity contribution in [3.8, 4) is 0 Å². The van der Waals surface area contributed by atoms with Gasteiger partial charge in [-0.05, 0) is 53.9 Å². The van der Waals surface area contributed by atoms with Crippen LogP contribution in [0.3, 0.4) is 0 Å². The third kappa shape index (κ3) is 2.96. The Balaban J connectivity index is 2.71. The molecule has 0 amide bonds. The van der Waals surface area contributed by atoms with E-state index in [4.69, 9.17) is 4.74 Å². The van der Waals surface area contributed by atoms with Gasteiger partial charge in [-0.2, -0.15) is 0 Å². The molecular weight excluding hydrogens is 202 g/mol. The van der Waals surface area contributed by atoms with Crippen LogP contribution in [0.5, 0.6) is 0 Å². The van der Waals surface area contributed by atoms with Crippen LogP contribution in [0.2, 0.25) is 0 Å². The summed E-state index contributed by atoms with van der Waals surface area (Å²) in [5.74, 6) is 0. The van der Waals surface area contributed by atoms with Crippen LogP contribution < -0.4 is 0 Å². The molecule has 0 aliphatic carbocycles. The quantitative estimate of drug-likeness (QED) is 0.743. The fourth-order valence-electron chi connectivity index (χ4n) is 2.69. The van der Waals surface area contributed by atoms with E-state index in [1.807, 2.05) is 27.7 Å². The molecule has 1 aliphatic heterocycles. The van der Waals surface area contributed by atoms with Gasteiger partial charge in [0.25, 0.3) is 0 Å². The molecule has 3 nitrogen and oxygen atoms in total. The van der Waals surface area contributed by atoms with E-state index in [0.29, 0.717) is 0 Å². The fraction of sp³-hybridized carbons (Fsp3) is 1.00. The molecule has 1 heterocycles. The average molecular weight is 228 g/mol. The maximum absolute atomic E-state index is 12.1. The average Bonchev–Trinajstić information content (AvgIpc) is 2.13. The summed E-state index contributed by atoms with van der Waals surface area (Å²) in [5, 5.41) is 13.4. The Kier molecular flexibility index (Phi) is 4.04. The van der Waals surface area contributed by atoms with Gasteiger partial charge in [-0.25, -0.2) is 0 Å². The molecule has 1 fully saturated rings. The SMILES string of the molecule is CCC(C)OC1CC(C)(C)N([O])C(C)(C)C1. The first-order valence-corrected chi connectivity index (χ1v) is 6.32. The van der Waals surface area contributed by atoms with Crippen LogP contribution in [0.25, 0.3) is 0 Å². The Bertz CT molecular complexity index is 220. The molecule has 1 rings (SSSR count). The summed E-state index contributed by atoms with van der Waals surface area (Å²) >= 11 is 0. The first-order valence-electron chi connectivity index (χ1n) is 6.32. The Labute approximate surface area is 99.7 Å². The highest BCUT2D eigenvalue weighted by Crippen LogP contribution is 2.38. The van der Waals surface area contributed by atoms with Crippen LogP contribution >= 0.6 is 0 Å². The highest BCUT2D eigenvalue weighted by atomic mass is 16.5. The Hall–Kier alpha value is -0.120. The Morgan fingerprint density at radius 2 is 1.69 bits per heavy atom. The monoisotopic (exact) mass is 228 g/mol. The van der Waals surface area contributed by atoms with Gasteiger partial charge in [0.1, 0.15) is 0 Å². The lowest BCUT2D eigenvalue weighted by molar-refractivity contribution is -0.303. The molecule has 95 valence electrons. The lowest BCUT2D eigenvalue weighted by atomic mass is 9.80. The number of hydrogen-bond acceptors (Lipinski definition) is 2. The topological polar surface area (TPSA) is 32.4 Å². The maximum atomic E-state index is 12.1. The molecule has 3 heteroatoms. The van der Waals surface area contributed by atoms with Gasteiger partial charge >= 0.3 is 0 Å². The predicted octanol–water partition coefficient (Wildman–Crippen LogP) is 3.17. The summed E-state index contributed by atoms with van der Waals surface area (Å²) in [5.41, 5.74) is -0.639. The van der Waals surface area contributed by atoms with Crippen molar-refractivity contribution in [2.24, 2.45) is 0 Å². The third-order valence-corrected chi connectivity index (χ3v) is 3.55. The molecule has 0 aromatic heterocycles. The Morgan fingerprint density at radius 1 is 1.25 bits per heavy atom. The largest absolute Gasteiger partial charge is 0.375 e. The van der Waals surface area contributed by atoms with Crippen molar-refractivity contribution in [2.75, 3.05) is 0 Å². The van der Waals surface area contributed by atoms with E-state index in [1.165, 1.54) is 5.06 Å². The van der Waals surface area contributed by atoms with Crippen molar-refractivity contribution in [1.29, 1.82) is 0 Å². The first kappa shape index (κ1) is 13.9. The zero-order valence-electron chi connectivity index (χ0n) is 11.5. The second-order valence-electron chi connectivity index (χ2n) is 6.30. The highest BCUT2D eigenvalue weighted by molar-refractivity contribution is 4.96. The van der Waals surface area contributed by atoms with Crippen LogP contribution in [0.15, 0.2) is 0 Å².